The number of para-hydroxylation sites is 1. The van der Waals surface area contributed by atoms with Gasteiger partial charge in [0.15, 0.2) is 0 Å². The molecule has 0 saturated carbocycles. The number of benzene rings is 4. The summed E-state index contributed by atoms with van der Waals surface area (Å²) in [5.74, 6) is 0.247. The monoisotopic (exact) mass is 463 g/mol. The van der Waals surface area contributed by atoms with E-state index in [0.29, 0.717) is 12.4 Å². The predicted molar refractivity (Wildman–Crippen MR) is 143 cm³/mol. The molecule has 0 saturated heterocycles. The van der Waals surface area contributed by atoms with Crippen molar-refractivity contribution in [1.29, 1.82) is 0 Å². The van der Waals surface area contributed by atoms with E-state index in [1.807, 2.05) is 0 Å². The minimum atomic E-state index is -0.291. The van der Waals surface area contributed by atoms with Crippen LogP contribution < -0.4 is 10.1 Å². The molecule has 0 unspecified atom stereocenters. The Morgan fingerprint density at radius 1 is 0.829 bits per heavy atom. The van der Waals surface area contributed by atoms with Gasteiger partial charge in [0.2, 0.25) is 0 Å². The Morgan fingerprint density at radius 3 is 2.46 bits per heavy atom. The van der Waals surface area contributed by atoms with Crippen molar-refractivity contribution >= 4 is 17.3 Å². The highest BCUT2D eigenvalue weighted by Gasteiger charge is 2.18. The Kier molecular flexibility index (Phi) is 6.94. The van der Waals surface area contributed by atoms with E-state index in [4.69, 9.17) is 4.74 Å². The summed E-state index contributed by atoms with van der Waals surface area (Å²) in [4.78, 5) is 0. The first-order valence-corrected chi connectivity index (χ1v) is 12.3. The summed E-state index contributed by atoms with van der Waals surface area (Å²) in [5, 5.41) is 3.77. The fourth-order valence-corrected chi connectivity index (χ4v) is 4.84. The molecule has 35 heavy (non-hydrogen) atoms. The first-order chi connectivity index (χ1) is 17.2. The van der Waals surface area contributed by atoms with Crippen molar-refractivity contribution in [2.24, 2.45) is 0 Å². The van der Waals surface area contributed by atoms with Crippen LogP contribution in [0.2, 0.25) is 0 Å². The Hall–Kier alpha value is -3.85. The molecule has 1 N–H and O–H groups in total. The second kappa shape index (κ2) is 10.6. The highest BCUT2D eigenvalue weighted by molar-refractivity contribution is 5.89. The maximum Gasteiger partial charge on any atom is 0.126 e. The number of ether oxygens (including phenoxy) is 1. The van der Waals surface area contributed by atoms with Crippen LogP contribution in [0.25, 0.3) is 11.6 Å². The Morgan fingerprint density at radius 2 is 1.63 bits per heavy atom. The van der Waals surface area contributed by atoms with Crippen molar-refractivity contribution in [3.05, 3.63) is 130 Å². The van der Waals surface area contributed by atoms with Gasteiger partial charge in [-0.25, -0.2) is 4.39 Å². The molecule has 5 rings (SSSR count). The Labute approximate surface area is 207 Å². The van der Waals surface area contributed by atoms with Crippen LogP contribution in [0.4, 0.5) is 10.1 Å². The van der Waals surface area contributed by atoms with Crippen LogP contribution in [0.5, 0.6) is 5.75 Å². The number of hydrogen-bond acceptors (Lipinski definition) is 2. The lowest BCUT2D eigenvalue weighted by atomic mass is 9.90. The van der Waals surface area contributed by atoms with Gasteiger partial charge >= 0.3 is 0 Å². The third-order valence-electron chi connectivity index (χ3n) is 6.67. The summed E-state index contributed by atoms with van der Waals surface area (Å²) < 4.78 is 19.8. The standard InChI is InChI=1S/C32H30FNO/c1-2-24-11-7-16-30-27(22-35-29-15-8-14-28(33)20-29)19-26-13-6-12-25(32(26)34-21-31(24)30)18-17-23-9-4-3-5-10-23/h3-16,19-20,34H,2,17-18,21-22H2,1H3/b27-19-. The van der Waals surface area contributed by atoms with E-state index >= 15 is 0 Å². The molecule has 1 aliphatic heterocycles. The summed E-state index contributed by atoms with van der Waals surface area (Å²) >= 11 is 0. The molecule has 0 radical (unpaired) electrons. The Balaban J connectivity index is 1.52. The van der Waals surface area contributed by atoms with Crippen LogP contribution in [0.15, 0.2) is 91.0 Å². The second-order valence-electron chi connectivity index (χ2n) is 8.93. The number of halogens is 1. The SMILES string of the molecule is CCc1cccc2c1CNc1c(cccc1CCc1ccccc1)/C=C\2COc1cccc(F)c1. The highest BCUT2D eigenvalue weighted by atomic mass is 19.1. The predicted octanol–water partition coefficient (Wildman–Crippen LogP) is 7.72. The molecular weight excluding hydrogens is 433 g/mol. The van der Waals surface area contributed by atoms with Crippen LogP contribution in [0.3, 0.4) is 0 Å². The van der Waals surface area contributed by atoms with Crippen LogP contribution in [-0.2, 0) is 25.8 Å². The average Bonchev–Trinajstić information content (AvgIpc) is 2.88. The summed E-state index contributed by atoms with van der Waals surface area (Å²) in [7, 11) is 0. The fourth-order valence-electron chi connectivity index (χ4n) is 4.84. The zero-order valence-corrected chi connectivity index (χ0v) is 20.1. The van der Waals surface area contributed by atoms with Gasteiger partial charge in [-0.2, -0.15) is 0 Å². The summed E-state index contributed by atoms with van der Waals surface area (Å²) in [5.41, 5.74) is 9.91. The average molecular weight is 464 g/mol. The number of fused-ring (bicyclic) bond motifs is 2. The van der Waals surface area contributed by atoms with Gasteiger partial charge in [-0.05, 0) is 76.4 Å². The van der Waals surface area contributed by atoms with Crippen molar-refractivity contribution in [2.75, 3.05) is 11.9 Å². The van der Waals surface area contributed by atoms with E-state index in [2.05, 4.69) is 85.0 Å². The van der Waals surface area contributed by atoms with Crippen LogP contribution in [-0.4, -0.2) is 6.61 Å². The lowest BCUT2D eigenvalue weighted by molar-refractivity contribution is 0.367. The molecule has 0 amide bonds. The molecule has 2 nitrogen and oxygen atoms in total. The number of nitrogens with one attached hydrogen (secondary N) is 1. The van der Waals surface area contributed by atoms with E-state index in [1.54, 1.807) is 12.1 Å². The number of aryl methyl sites for hydroxylation is 3. The molecule has 3 heteroatoms. The van der Waals surface area contributed by atoms with Crippen molar-refractivity contribution in [3.8, 4) is 5.75 Å². The summed E-state index contributed by atoms with van der Waals surface area (Å²) in [6, 6.07) is 30.0. The lowest BCUT2D eigenvalue weighted by Gasteiger charge is -2.24. The molecular formula is C32H30FNO. The fraction of sp³-hybridized carbons (Fsp3) is 0.188. The van der Waals surface area contributed by atoms with Gasteiger partial charge in [0.25, 0.3) is 0 Å². The van der Waals surface area contributed by atoms with Crippen LogP contribution >= 0.6 is 0 Å². The zero-order valence-electron chi connectivity index (χ0n) is 20.1. The molecule has 0 bridgehead atoms. The maximum absolute atomic E-state index is 13.7. The van der Waals surface area contributed by atoms with Crippen molar-refractivity contribution in [2.45, 2.75) is 32.7 Å². The maximum atomic E-state index is 13.7. The van der Waals surface area contributed by atoms with Crippen LogP contribution in [0, 0.1) is 5.82 Å². The van der Waals surface area contributed by atoms with Gasteiger partial charge < -0.3 is 10.1 Å². The number of rotatable bonds is 7. The van der Waals surface area contributed by atoms with Gasteiger partial charge in [0.05, 0.1) is 0 Å². The van der Waals surface area contributed by atoms with E-state index in [9.17, 15) is 4.39 Å². The molecule has 1 heterocycles. The van der Waals surface area contributed by atoms with E-state index in [-0.39, 0.29) is 5.82 Å². The normalized spacial score (nSPS) is 13.9. The minimum Gasteiger partial charge on any atom is -0.489 e. The lowest BCUT2D eigenvalue weighted by Crippen LogP contribution is -2.13. The van der Waals surface area contributed by atoms with Gasteiger partial charge in [-0.1, -0.05) is 79.7 Å². The van der Waals surface area contributed by atoms with Crippen molar-refractivity contribution < 1.29 is 9.13 Å². The molecule has 1 aliphatic rings. The minimum absolute atomic E-state index is 0.291. The second-order valence-corrected chi connectivity index (χ2v) is 8.93. The molecule has 0 aliphatic carbocycles. The number of anilines is 1. The Bertz CT molecular complexity index is 1340. The number of hydrogen-bond donors (Lipinski definition) is 1. The topological polar surface area (TPSA) is 21.3 Å². The zero-order chi connectivity index (χ0) is 24.0. The third-order valence-corrected chi connectivity index (χ3v) is 6.67. The molecule has 4 aromatic carbocycles. The first kappa shape index (κ1) is 22.9. The smallest absolute Gasteiger partial charge is 0.126 e. The first-order valence-electron chi connectivity index (χ1n) is 12.3. The quantitative estimate of drug-likeness (QED) is 0.303. The molecule has 0 aromatic heterocycles. The third kappa shape index (κ3) is 5.30. The molecule has 0 atom stereocenters. The van der Waals surface area contributed by atoms with E-state index < -0.39 is 0 Å². The van der Waals surface area contributed by atoms with E-state index in [0.717, 1.165) is 36.9 Å². The van der Waals surface area contributed by atoms with Crippen molar-refractivity contribution in [1.82, 2.24) is 0 Å². The summed E-state index contributed by atoms with van der Waals surface area (Å²) in [6.45, 7) is 3.32. The van der Waals surface area contributed by atoms with Crippen molar-refractivity contribution in [3.63, 3.8) is 0 Å². The van der Waals surface area contributed by atoms with Gasteiger partial charge in [-0.15, -0.1) is 0 Å². The van der Waals surface area contributed by atoms with Gasteiger partial charge in [0.1, 0.15) is 18.2 Å². The molecule has 0 spiro atoms. The van der Waals surface area contributed by atoms with E-state index in [1.165, 1.54) is 45.6 Å². The largest absolute Gasteiger partial charge is 0.489 e. The van der Waals surface area contributed by atoms with Crippen LogP contribution in [0.1, 0.15) is 40.3 Å². The highest BCUT2D eigenvalue weighted by Crippen LogP contribution is 2.34. The molecule has 176 valence electrons. The summed E-state index contributed by atoms with van der Waals surface area (Å²) in [6.07, 6.45) is 5.15. The van der Waals surface area contributed by atoms with Gasteiger partial charge in [0, 0.05) is 18.3 Å². The molecule has 0 fully saturated rings. The van der Waals surface area contributed by atoms with Gasteiger partial charge in [-0.3, -0.25) is 0 Å². The molecule has 4 aromatic rings.